The molecule has 1 fully saturated rings. The van der Waals surface area contributed by atoms with Gasteiger partial charge in [0.2, 0.25) is 5.91 Å². The number of nitrogens with zero attached hydrogens (tertiary/aromatic N) is 2. The van der Waals surface area contributed by atoms with Gasteiger partial charge >= 0.3 is 6.09 Å². The number of hydrogen-bond donors (Lipinski definition) is 1. The SMILES string of the molecule is O=C(Cc1csc(-c2cccs2)n1)NCc1cccc(N2CCOC2=O)c1. The van der Waals surface area contributed by atoms with Crippen LogP contribution >= 0.6 is 22.7 Å². The smallest absolute Gasteiger partial charge is 0.414 e. The second-order valence-corrected chi connectivity index (χ2v) is 7.82. The minimum Gasteiger partial charge on any atom is -0.447 e. The number of cyclic esters (lactones) is 1. The highest BCUT2D eigenvalue weighted by molar-refractivity contribution is 7.20. The van der Waals surface area contributed by atoms with Crippen LogP contribution in [0.2, 0.25) is 0 Å². The van der Waals surface area contributed by atoms with Crippen LogP contribution in [0.4, 0.5) is 10.5 Å². The van der Waals surface area contributed by atoms with Crippen molar-refractivity contribution in [1.29, 1.82) is 0 Å². The molecule has 1 N–H and O–H groups in total. The summed E-state index contributed by atoms with van der Waals surface area (Å²) < 4.78 is 4.97. The van der Waals surface area contributed by atoms with E-state index in [0.717, 1.165) is 26.8 Å². The van der Waals surface area contributed by atoms with Gasteiger partial charge in [0, 0.05) is 17.6 Å². The van der Waals surface area contributed by atoms with Crippen LogP contribution in [0.1, 0.15) is 11.3 Å². The van der Waals surface area contributed by atoms with E-state index < -0.39 is 0 Å². The third kappa shape index (κ3) is 4.17. The Hall–Kier alpha value is -2.71. The van der Waals surface area contributed by atoms with Crippen LogP contribution in [0, 0.1) is 0 Å². The molecule has 0 atom stereocenters. The van der Waals surface area contributed by atoms with Crippen molar-refractivity contribution < 1.29 is 14.3 Å². The molecule has 0 radical (unpaired) electrons. The van der Waals surface area contributed by atoms with Crippen LogP contribution in [0.3, 0.4) is 0 Å². The highest BCUT2D eigenvalue weighted by Crippen LogP contribution is 2.27. The number of thiazole rings is 1. The fourth-order valence-corrected chi connectivity index (χ4v) is 4.43. The summed E-state index contributed by atoms with van der Waals surface area (Å²) in [5.74, 6) is -0.0796. The van der Waals surface area contributed by atoms with Crippen LogP contribution in [0.5, 0.6) is 0 Å². The molecule has 8 heteroatoms. The number of thiophene rings is 1. The third-order valence-corrected chi connectivity index (χ3v) is 6.03. The monoisotopic (exact) mass is 399 g/mol. The first-order chi connectivity index (χ1) is 13.2. The van der Waals surface area contributed by atoms with Crippen LogP contribution in [-0.4, -0.2) is 30.1 Å². The Labute approximate surface area is 164 Å². The second kappa shape index (κ2) is 7.89. The van der Waals surface area contributed by atoms with Gasteiger partial charge in [0.25, 0.3) is 0 Å². The predicted molar refractivity (Wildman–Crippen MR) is 106 cm³/mol. The lowest BCUT2D eigenvalue weighted by Gasteiger charge is -2.14. The molecular formula is C19H17N3O3S2. The lowest BCUT2D eigenvalue weighted by atomic mass is 10.2. The van der Waals surface area contributed by atoms with Gasteiger partial charge in [0.1, 0.15) is 11.6 Å². The number of nitrogens with one attached hydrogen (secondary N) is 1. The van der Waals surface area contributed by atoms with Gasteiger partial charge in [-0.3, -0.25) is 9.69 Å². The minimum absolute atomic E-state index is 0.0796. The Morgan fingerprint density at radius 1 is 1.26 bits per heavy atom. The zero-order valence-electron chi connectivity index (χ0n) is 14.4. The Kier molecular flexibility index (Phi) is 5.17. The van der Waals surface area contributed by atoms with Gasteiger partial charge in [-0.05, 0) is 29.1 Å². The Bertz CT molecular complexity index is 953. The molecule has 4 rings (SSSR count). The van der Waals surface area contributed by atoms with Crippen molar-refractivity contribution in [2.24, 2.45) is 0 Å². The fraction of sp³-hybridized carbons (Fsp3) is 0.211. The van der Waals surface area contributed by atoms with E-state index >= 15 is 0 Å². The minimum atomic E-state index is -0.332. The van der Waals surface area contributed by atoms with Crippen molar-refractivity contribution in [2.75, 3.05) is 18.1 Å². The van der Waals surface area contributed by atoms with Crippen LogP contribution in [0.15, 0.2) is 47.2 Å². The summed E-state index contributed by atoms with van der Waals surface area (Å²) in [6.45, 7) is 1.35. The van der Waals surface area contributed by atoms with E-state index in [9.17, 15) is 9.59 Å². The number of rotatable bonds is 6. The lowest BCUT2D eigenvalue weighted by Crippen LogP contribution is -2.25. The van der Waals surface area contributed by atoms with E-state index in [1.54, 1.807) is 27.6 Å². The van der Waals surface area contributed by atoms with Crippen LogP contribution in [0.25, 0.3) is 9.88 Å². The summed E-state index contributed by atoms with van der Waals surface area (Å²) in [7, 11) is 0. The van der Waals surface area contributed by atoms with Gasteiger partial charge in [-0.15, -0.1) is 22.7 Å². The van der Waals surface area contributed by atoms with Crippen molar-refractivity contribution in [3.8, 4) is 9.88 Å². The highest BCUT2D eigenvalue weighted by atomic mass is 32.1. The van der Waals surface area contributed by atoms with Gasteiger partial charge < -0.3 is 10.1 Å². The first-order valence-electron chi connectivity index (χ1n) is 8.47. The van der Waals surface area contributed by atoms with Gasteiger partial charge in [-0.25, -0.2) is 9.78 Å². The Morgan fingerprint density at radius 2 is 2.19 bits per heavy atom. The maximum Gasteiger partial charge on any atom is 0.414 e. The molecule has 0 unspecified atom stereocenters. The van der Waals surface area contributed by atoms with Gasteiger partial charge in [-0.2, -0.15) is 0 Å². The molecule has 3 heterocycles. The summed E-state index contributed by atoms with van der Waals surface area (Å²) >= 11 is 3.19. The largest absolute Gasteiger partial charge is 0.447 e. The summed E-state index contributed by atoms with van der Waals surface area (Å²) in [5.41, 5.74) is 2.48. The van der Waals surface area contributed by atoms with Crippen molar-refractivity contribution in [3.63, 3.8) is 0 Å². The van der Waals surface area contributed by atoms with Crippen LogP contribution < -0.4 is 10.2 Å². The van der Waals surface area contributed by atoms with Crippen molar-refractivity contribution >= 4 is 40.4 Å². The molecule has 27 heavy (non-hydrogen) atoms. The first-order valence-corrected chi connectivity index (χ1v) is 10.2. The average molecular weight is 399 g/mol. The van der Waals surface area contributed by atoms with E-state index in [-0.39, 0.29) is 18.4 Å². The molecule has 0 spiro atoms. The maximum absolute atomic E-state index is 12.2. The van der Waals surface area contributed by atoms with E-state index in [2.05, 4.69) is 10.3 Å². The molecule has 0 bridgehead atoms. The summed E-state index contributed by atoms with van der Waals surface area (Å²) in [6.07, 6.45) is -0.0821. The highest BCUT2D eigenvalue weighted by Gasteiger charge is 2.23. The zero-order chi connectivity index (χ0) is 18.6. The number of amides is 2. The number of carbonyl (C=O) groups is 2. The summed E-state index contributed by atoms with van der Waals surface area (Å²) in [6, 6.07) is 11.6. The quantitative estimate of drug-likeness (QED) is 0.686. The number of carbonyl (C=O) groups excluding carboxylic acids is 2. The van der Waals surface area contributed by atoms with Gasteiger partial charge in [0.05, 0.1) is 23.5 Å². The van der Waals surface area contributed by atoms with E-state index in [1.807, 2.05) is 47.2 Å². The second-order valence-electron chi connectivity index (χ2n) is 6.01. The van der Waals surface area contributed by atoms with E-state index in [1.165, 1.54) is 0 Å². The normalized spacial score (nSPS) is 13.6. The Balaban J connectivity index is 1.34. The lowest BCUT2D eigenvalue weighted by molar-refractivity contribution is -0.120. The standard InChI is InChI=1S/C19H17N3O3S2/c23-17(10-14-12-27-18(21-14)16-5-2-8-26-16)20-11-13-3-1-4-15(9-13)22-6-7-25-19(22)24/h1-5,8-9,12H,6-7,10-11H2,(H,20,23). The third-order valence-electron chi connectivity index (χ3n) is 4.10. The van der Waals surface area contributed by atoms with E-state index in [0.29, 0.717) is 19.7 Å². The predicted octanol–water partition coefficient (Wildman–Crippen LogP) is 3.69. The molecular weight excluding hydrogens is 382 g/mol. The molecule has 138 valence electrons. The van der Waals surface area contributed by atoms with Crippen molar-refractivity contribution in [3.05, 3.63) is 58.4 Å². The molecule has 2 amide bonds. The number of ether oxygens (including phenoxy) is 1. The molecule has 6 nitrogen and oxygen atoms in total. The molecule has 0 aliphatic carbocycles. The number of hydrogen-bond acceptors (Lipinski definition) is 6. The molecule has 1 saturated heterocycles. The van der Waals surface area contributed by atoms with Crippen molar-refractivity contribution in [1.82, 2.24) is 10.3 Å². The number of anilines is 1. The zero-order valence-corrected chi connectivity index (χ0v) is 16.0. The number of aromatic nitrogens is 1. The molecule has 2 aromatic heterocycles. The summed E-state index contributed by atoms with van der Waals surface area (Å²) in [4.78, 5) is 31.2. The van der Waals surface area contributed by atoms with Crippen LogP contribution in [-0.2, 0) is 22.5 Å². The molecule has 1 aromatic carbocycles. The van der Waals surface area contributed by atoms with Gasteiger partial charge in [-0.1, -0.05) is 18.2 Å². The Morgan fingerprint density at radius 3 is 2.96 bits per heavy atom. The topological polar surface area (TPSA) is 71.5 Å². The van der Waals surface area contributed by atoms with Crippen molar-refractivity contribution in [2.45, 2.75) is 13.0 Å². The molecule has 1 aliphatic rings. The molecule has 1 aliphatic heterocycles. The first kappa shape index (κ1) is 17.7. The number of benzene rings is 1. The van der Waals surface area contributed by atoms with E-state index in [4.69, 9.17) is 4.74 Å². The average Bonchev–Trinajstić information content (AvgIpc) is 3.41. The maximum atomic E-state index is 12.2. The summed E-state index contributed by atoms with van der Waals surface area (Å²) in [5, 5.41) is 7.79. The van der Waals surface area contributed by atoms with Gasteiger partial charge in [0.15, 0.2) is 0 Å². The molecule has 0 saturated carbocycles. The molecule has 3 aromatic rings. The fourth-order valence-electron chi connectivity index (χ4n) is 2.79.